The van der Waals surface area contributed by atoms with Gasteiger partial charge in [-0.15, -0.1) is 23.2 Å². The molecule has 1 fully saturated rings. The number of nitrogens with zero attached hydrogens (tertiary/aromatic N) is 2. The molecule has 0 bridgehead atoms. The predicted octanol–water partition coefficient (Wildman–Crippen LogP) is 3.40. The van der Waals surface area contributed by atoms with E-state index in [1.54, 1.807) is 0 Å². The van der Waals surface area contributed by atoms with Crippen molar-refractivity contribution in [3.05, 3.63) is 35.4 Å². The van der Waals surface area contributed by atoms with Crippen molar-refractivity contribution in [2.24, 2.45) is 5.92 Å². The standard InChI is InChI=1S/C16H16Cl2N2O2/c1-20(2)14-5-3-11(4-6-14)7-12(9-19)15(21)22-10-13-8-16(13,17)18/h3-7,13H,8,10H2,1-2H3/b12-7-. The summed E-state index contributed by atoms with van der Waals surface area (Å²) in [5.74, 6) is -0.714. The molecule has 2 rings (SSSR count). The summed E-state index contributed by atoms with van der Waals surface area (Å²) in [4.78, 5) is 13.9. The molecule has 1 unspecified atom stereocenters. The Morgan fingerprint density at radius 2 is 2.05 bits per heavy atom. The Hall–Kier alpha value is -1.70. The van der Waals surface area contributed by atoms with E-state index in [0.717, 1.165) is 11.3 Å². The Balaban J connectivity index is 2.00. The molecule has 1 aromatic carbocycles. The van der Waals surface area contributed by atoms with Crippen molar-refractivity contribution in [3.63, 3.8) is 0 Å². The van der Waals surface area contributed by atoms with E-state index in [1.807, 2.05) is 49.3 Å². The average Bonchev–Trinajstić information content (AvgIpc) is 3.10. The first-order chi connectivity index (χ1) is 10.3. The Morgan fingerprint density at radius 1 is 1.45 bits per heavy atom. The Kier molecular flexibility index (Phi) is 5.00. The fourth-order valence-corrected chi connectivity index (χ4v) is 2.38. The minimum atomic E-state index is -0.793. The lowest BCUT2D eigenvalue weighted by atomic mass is 10.1. The first kappa shape index (κ1) is 16.7. The number of nitriles is 1. The summed E-state index contributed by atoms with van der Waals surface area (Å²) in [6.07, 6.45) is 2.10. The molecule has 1 saturated carbocycles. The van der Waals surface area contributed by atoms with Crippen LogP contribution in [-0.4, -0.2) is 31.0 Å². The van der Waals surface area contributed by atoms with Crippen LogP contribution < -0.4 is 4.90 Å². The van der Waals surface area contributed by atoms with Gasteiger partial charge < -0.3 is 9.64 Å². The SMILES string of the molecule is CN(C)c1ccc(/C=C(/C#N)C(=O)OCC2CC2(Cl)Cl)cc1. The van der Waals surface area contributed by atoms with E-state index in [4.69, 9.17) is 33.2 Å². The molecule has 0 spiro atoms. The molecule has 0 amide bonds. The number of hydrogen-bond donors (Lipinski definition) is 0. The van der Waals surface area contributed by atoms with Gasteiger partial charge in [-0.1, -0.05) is 12.1 Å². The van der Waals surface area contributed by atoms with Crippen LogP contribution in [0.4, 0.5) is 5.69 Å². The molecule has 6 heteroatoms. The maximum absolute atomic E-state index is 11.9. The lowest BCUT2D eigenvalue weighted by Crippen LogP contribution is -2.11. The number of halogens is 2. The zero-order valence-corrected chi connectivity index (χ0v) is 13.9. The molecule has 0 aliphatic heterocycles. The van der Waals surface area contributed by atoms with Gasteiger partial charge in [0.25, 0.3) is 0 Å². The van der Waals surface area contributed by atoms with E-state index in [2.05, 4.69) is 0 Å². The number of esters is 1. The molecule has 0 saturated heterocycles. The van der Waals surface area contributed by atoms with Crippen LogP contribution in [0.15, 0.2) is 29.8 Å². The van der Waals surface area contributed by atoms with Crippen molar-refractivity contribution in [2.75, 3.05) is 25.6 Å². The Morgan fingerprint density at radius 3 is 2.50 bits per heavy atom. The number of hydrogen-bond acceptors (Lipinski definition) is 4. The number of benzene rings is 1. The van der Waals surface area contributed by atoms with Crippen molar-refractivity contribution >= 4 is 40.9 Å². The summed E-state index contributed by atoms with van der Waals surface area (Å²) in [6, 6.07) is 9.35. The quantitative estimate of drug-likeness (QED) is 0.357. The van der Waals surface area contributed by atoms with Crippen LogP contribution in [0, 0.1) is 17.2 Å². The molecule has 0 heterocycles. The number of carbonyl (C=O) groups excluding carboxylic acids is 1. The van der Waals surface area contributed by atoms with E-state index in [0.29, 0.717) is 6.42 Å². The first-order valence-electron chi connectivity index (χ1n) is 6.77. The Labute approximate surface area is 139 Å². The van der Waals surface area contributed by atoms with Crippen LogP contribution in [0.5, 0.6) is 0 Å². The summed E-state index contributed by atoms with van der Waals surface area (Å²) < 4.78 is 4.29. The van der Waals surface area contributed by atoms with Crippen LogP contribution in [0.25, 0.3) is 6.08 Å². The van der Waals surface area contributed by atoms with Crippen molar-refractivity contribution < 1.29 is 9.53 Å². The second kappa shape index (κ2) is 6.60. The van der Waals surface area contributed by atoms with Crippen molar-refractivity contribution in [2.45, 2.75) is 10.8 Å². The number of anilines is 1. The smallest absolute Gasteiger partial charge is 0.348 e. The van der Waals surface area contributed by atoms with Gasteiger partial charge in [0.05, 0.1) is 6.61 Å². The second-order valence-electron chi connectivity index (χ2n) is 5.42. The summed E-state index contributed by atoms with van der Waals surface area (Å²) >= 11 is 11.7. The van der Waals surface area contributed by atoms with Crippen LogP contribution >= 0.6 is 23.2 Å². The maximum atomic E-state index is 11.9. The molecule has 1 aliphatic carbocycles. The monoisotopic (exact) mass is 338 g/mol. The van der Waals surface area contributed by atoms with E-state index in [1.165, 1.54) is 6.08 Å². The van der Waals surface area contributed by atoms with Gasteiger partial charge in [-0.3, -0.25) is 0 Å². The number of carbonyl (C=O) groups is 1. The molecule has 0 radical (unpaired) electrons. The summed E-state index contributed by atoms with van der Waals surface area (Å²) in [7, 11) is 3.88. The van der Waals surface area contributed by atoms with E-state index in [-0.39, 0.29) is 18.1 Å². The van der Waals surface area contributed by atoms with Gasteiger partial charge in [0.2, 0.25) is 0 Å². The zero-order valence-electron chi connectivity index (χ0n) is 12.3. The molecule has 1 aliphatic rings. The van der Waals surface area contributed by atoms with Crippen molar-refractivity contribution in [1.29, 1.82) is 5.26 Å². The topological polar surface area (TPSA) is 53.3 Å². The molecular weight excluding hydrogens is 323 g/mol. The molecule has 1 atom stereocenters. The molecule has 0 aromatic heterocycles. The highest BCUT2D eigenvalue weighted by atomic mass is 35.5. The highest BCUT2D eigenvalue weighted by Gasteiger charge is 2.52. The number of alkyl halides is 2. The van der Waals surface area contributed by atoms with Crippen molar-refractivity contribution in [1.82, 2.24) is 0 Å². The number of ether oxygens (including phenoxy) is 1. The van der Waals surface area contributed by atoms with Crippen LogP contribution in [0.3, 0.4) is 0 Å². The van der Waals surface area contributed by atoms with Gasteiger partial charge >= 0.3 is 5.97 Å². The molecule has 1 aromatic rings. The van der Waals surface area contributed by atoms with Gasteiger partial charge in [0.1, 0.15) is 16.0 Å². The minimum Gasteiger partial charge on any atom is -0.461 e. The van der Waals surface area contributed by atoms with Crippen LogP contribution in [0.1, 0.15) is 12.0 Å². The molecule has 116 valence electrons. The summed E-state index contributed by atoms with van der Waals surface area (Å²) in [5, 5.41) is 9.10. The first-order valence-corrected chi connectivity index (χ1v) is 7.53. The summed E-state index contributed by atoms with van der Waals surface area (Å²) in [6.45, 7) is 0.129. The highest BCUT2D eigenvalue weighted by molar-refractivity contribution is 6.50. The van der Waals surface area contributed by atoms with Gasteiger partial charge in [0, 0.05) is 25.7 Å². The third-order valence-corrected chi connectivity index (χ3v) is 4.36. The fourth-order valence-electron chi connectivity index (χ4n) is 1.88. The van der Waals surface area contributed by atoms with Gasteiger partial charge in [-0.2, -0.15) is 5.26 Å². The third kappa shape index (κ3) is 4.16. The van der Waals surface area contributed by atoms with Crippen LogP contribution in [-0.2, 0) is 9.53 Å². The summed E-state index contributed by atoms with van der Waals surface area (Å²) in [5.41, 5.74) is 1.75. The van der Waals surface area contributed by atoms with E-state index < -0.39 is 10.3 Å². The zero-order chi connectivity index (χ0) is 16.3. The lowest BCUT2D eigenvalue weighted by Gasteiger charge is -2.11. The number of rotatable bonds is 5. The lowest BCUT2D eigenvalue weighted by molar-refractivity contribution is -0.138. The fraction of sp³-hybridized carbons (Fsp3) is 0.375. The minimum absolute atomic E-state index is 0.0482. The average molecular weight is 339 g/mol. The molecule has 22 heavy (non-hydrogen) atoms. The van der Waals surface area contributed by atoms with Gasteiger partial charge in [0.15, 0.2) is 0 Å². The van der Waals surface area contributed by atoms with Gasteiger partial charge in [-0.25, -0.2) is 4.79 Å². The molecule has 0 N–H and O–H groups in total. The van der Waals surface area contributed by atoms with Crippen LogP contribution in [0.2, 0.25) is 0 Å². The predicted molar refractivity (Wildman–Crippen MR) is 87.9 cm³/mol. The van der Waals surface area contributed by atoms with Crippen molar-refractivity contribution in [3.8, 4) is 6.07 Å². The Bertz CT molecular complexity index is 631. The third-order valence-electron chi connectivity index (χ3n) is 3.43. The second-order valence-corrected chi connectivity index (χ2v) is 6.96. The van der Waals surface area contributed by atoms with E-state index >= 15 is 0 Å². The van der Waals surface area contributed by atoms with Gasteiger partial charge in [-0.05, 0) is 30.2 Å². The molecular formula is C16H16Cl2N2O2. The van der Waals surface area contributed by atoms with E-state index in [9.17, 15) is 4.79 Å². The maximum Gasteiger partial charge on any atom is 0.348 e. The normalized spacial score (nSPS) is 19.2. The largest absolute Gasteiger partial charge is 0.461 e. The highest BCUT2D eigenvalue weighted by Crippen LogP contribution is 2.53. The molecule has 4 nitrogen and oxygen atoms in total.